The van der Waals surface area contributed by atoms with E-state index in [2.05, 4.69) is 10.3 Å². The Hall–Kier alpha value is -4.34. The van der Waals surface area contributed by atoms with Crippen LogP contribution in [0.4, 0.5) is 18.9 Å². The number of nitrogens with zero attached hydrogens (tertiary/aromatic N) is 2. The molecule has 0 saturated heterocycles. The number of nitrogens with one attached hydrogen (secondary N) is 1. The summed E-state index contributed by atoms with van der Waals surface area (Å²) in [6.07, 6.45) is -4.66. The second-order valence-corrected chi connectivity index (χ2v) is 7.99. The van der Waals surface area contributed by atoms with E-state index >= 15 is 0 Å². The van der Waals surface area contributed by atoms with Gasteiger partial charge in [0.05, 0.1) is 37.1 Å². The first-order valence-electron chi connectivity index (χ1n) is 10.8. The van der Waals surface area contributed by atoms with Crippen LogP contribution < -0.4 is 20.3 Å². The Morgan fingerprint density at radius 3 is 2.42 bits per heavy atom. The summed E-state index contributed by atoms with van der Waals surface area (Å²) in [6.45, 7) is 0. The average molecular weight is 497 g/mol. The van der Waals surface area contributed by atoms with Gasteiger partial charge in [-0.15, -0.1) is 0 Å². The molecule has 0 spiro atoms. The molecule has 0 aliphatic carbocycles. The molecule has 0 aliphatic rings. The van der Waals surface area contributed by atoms with Gasteiger partial charge in [-0.25, -0.2) is 4.98 Å². The fourth-order valence-electron chi connectivity index (χ4n) is 3.88. The minimum absolute atomic E-state index is 0.0614. The van der Waals surface area contributed by atoms with Crippen LogP contribution in [0.2, 0.25) is 0 Å². The van der Waals surface area contributed by atoms with Gasteiger partial charge in [-0.3, -0.25) is 14.2 Å². The molecule has 0 radical (unpaired) electrons. The number of anilines is 1. The van der Waals surface area contributed by atoms with Crippen molar-refractivity contribution in [2.24, 2.45) is 7.05 Å². The van der Waals surface area contributed by atoms with Gasteiger partial charge in [0.25, 0.3) is 5.56 Å². The summed E-state index contributed by atoms with van der Waals surface area (Å²) in [5.41, 5.74) is 0.0284. The number of benzene rings is 3. The Morgan fingerprint density at radius 2 is 1.72 bits per heavy atom. The summed E-state index contributed by atoms with van der Waals surface area (Å²) >= 11 is 0. The van der Waals surface area contributed by atoms with E-state index in [9.17, 15) is 22.8 Å². The largest absolute Gasteiger partial charge is 0.493 e. The normalized spacial score (nSPS) is 11.4. The first kappa shape index (κ1) is 24.8. The Kier molecular flexibility index (Phi) is 6.69. The van der Waals surface area contributed by atoms with E-state index in [0.717, 1.165) is 12.1 Å². The van der Waals surface area contributed by atoms with Crippen molar-refractivity contribution in [2.75, 3.05) is 19.5 Å². The van der Waals surface area contributed by atoms with E-state index in [1.165, 1.54) is 38.0 Å². The van der Waals surface area contributed by atoms with Crippen molar-refractivity contribution in [3.8, 4) is 22.9 Å². The van der Waals surface area contributed by atoms with E-state index in [0.29, 0.717) is 22.7 Å². The maximum atomic E-state index is 13.2. The summed E-state index contributed by atoms with van der Waals surface area (Å²) in [4.78, 5) is 30.4. The van der Waals surface area contributed by atoms with Crippen molar-refractivity contribution >= 4 is 22.5 Å². The van der Waals surface area contributed by atoms with Crippen LogP contribution in [0.1, 0.15) is 11.1 Å². The summed E-state index contributed by atoms with van der Waals surface area (Å²) in [5.74, 6) is 0.632. The lowest BCUT2D eigenvalue weighted by molar-refractivity contribution is -0.137. The summed E-state index contributed by atoms with van der Waals surface area (Å²) in [7, 11) is 4.43. The van der Waals surface area contributed by atoms with Crippen LogP contribution in [0.25, 0.3) is 22.3 Å². The molecular weight excluding hydrogens is 475 g/mol. The molecule has 0 aliphatic heterocycles. The molecule has 1 heterocycles. The van der Waals surface area contributed by atoms with Crippen molar-refractivity contribution in [3.05, 3.63) is 82.1 Å². The Morgan fingerprint density at radius 1 is 1.00 bits per heavy atom. The van der Waals surface area contributed by atoms with Gasteiger partial charge in [-0.1, -0.05) is 24.3 Å². The van der Waals surface area contributed by atoms with Gasteiger partial charge < -0.3 is 14.8 Å². The molecule has 10 heteroatoms. The predicted octanol–water partition coefficient (Wildman–Crippen LogP) is 4.82. The van der Waals surface area contributed by atoms with E-state index in [1.807, 2.05) is 0 Å². The van der Waals surface area contributed by atoms with Crippen LogP contribution in [0.15, 0.2) is 65.5 Å². The Balaban J connectivity index is 1.71. The molecule has 0 bridgehead atoms. The highest BCUT2D eigenvalue weighted by atomic mass is 19.4. The van der Waals surface area contributed by atoms with Gasteiger partial charge in [0.15, 0.2) is 11.5 Å². The van der Waals surface area contributed by atoms with Gasteiger partial charge >= 0.3 is 6.18 Å². The monoisotopic (exact) mass is 497 g/mol. The van der Waals surface area contributed by atoms with E-state index in [4.69, 9.17) is 9.47 Å². The molecule has 1 aromatic heterocycles. The minimum atomic E-state index is -4.54. The van der Waals surface area contributed by atoms with Crippen LogP contribution in [0, 0.1) is 0 Å². The molecule has 3 aromatic carbocycles. The van der Waals surface area contributed by atoms with E-state index in [-0.39, 0.29) is 34.6 Å². The molecule has 1 amide bonds. The third-order valence-corrected chi connectivity index (χ3v) is 5.66. The molecule has 0 fully saturated rings. The molecule has 0 saturated carbocycles. The number of halogens is 3. The van der Waals surface area contributed by atoms with Gasteiger partial charge in [0.1, 0.15) is 5.82 Å². The van der Waals surface area contributed by atoms with Crippen LogP contribution in [0.3, 0.4) is 0 Å². The van der Waals surface area contributed by atoms with E-state index < -0.39 is 17.3 Å². The molecule has 4 rings (SSSR count). The highest BCUT2D eigenvalue weighted by Crippen LogP contribution is 2.32. The number of fused-ring (bicyclic) bond motifs is 1. The SMILES string of the molecule is COc1ccc(NC(=O)Cc2cccc3c(=O)n(C)c(-c4cccc(C(F)(F)F)c4)nc23)cc1OC. The van der Waals surface area contributed by atoms with Crippen molar-refractivity contribution in [1.82, 2.24) is 9.55 Å². The minimum Gasteiger partial charge on any atom is -0.493 e. The average Bonchev–Trinajstić information content (AvgIpc) is 2.86. The van der Waals surface area contributed by atoms with Gasteiger partial charge in [0.2, 0.25) is 5.91 Å². The highest BCUT2D eigenvalue weighted by molar-refractivity contribution is 5.95. The van der Waals surface area contributed by atoms with Crippen molar-refractivity contribution < 1.29 is 27.4 Å². The van der Waals surface area contributed by atoms with Crippen LogP contribution in [0.5, 0.6) is 11.5 Å². The zero-order valence-corrected chi connectivity index (χ0v) is 19.6. The Labute approximate surface area is 204 Å². The van der Waals surface area contributed by atoms with Gasteiger partial charge in [-0.2, -0.15) is 13.2 Å². The standard InChI is InChI=1S/C26H22F3N3O4/c1-32-24(16-7-4-8-17(12-16)26(27,28)29)31-23-15(6-5-9-19(23)25(32)34)13-22(33)30-18-10-11-20(35-2)21(14-18)36-3/h4-12,14H,13H2,1-3H3,(H,30,33). The number of rotatable bonds is 6. The fraction of sp³-hybridized carbons (Fsp3) is 0.192. The molecule has 7 nitrogen and oxygen atoms in total. The number of hydrogen-bond donors (Lipinski definition) is 1. The molecule has 36 heavy (non-hydrogen) atoms. The smallest absolute Gasteiger partial charge is 0.416 e. The fourth-order valence-corrected chi connectivity index (χ4v) is 3.88. The van der Waals surface area contributed by atoms with Crippen LogP contribution in [-0.4, -0.2) is 29.7 Å². The number of alkyl halides is 3. The third-order valence-electron chi connectivity index (χ3n) is 5.66. The first-order valence-corrected chi connectivity index (χ1v) is 10.8. The lowest BCUT2D eigenvalue weighted by Crippen LogP contribution is -2.22. The topological polar surface area (TPSA) is 82.5 Å². The number of methoxy groups -OCH3 is 2. The quantitative estimate of drug-likeness (QED) is 0.413. The van der Waals surface area contributed by atoms with Gasteiger partial charge in [0, 0.05) is 24.4 Å². The number of aromatic nitrogens is 2. The highest BCUT2D eigenvalue weighted by Gasteiger charge is 2.30. The summed E-state index contributed by atoms with van der Waals surface area (Å²) < 4.78 is 51.4. The summed E-state index contributed by atoms with van der Waals surface area (Å²) in [6, 6.07) is 14.4. The first-order chi connectivity index (χ1) is 17.1. The van der Waals surface area contributed by atoms with Crippen LogP contribution >= 0.6 is 0 Å². The second-order valence-electron chi connectivity index (χ2n) is 7.99. The van der Waals surface area contributed by atoms with Gasteiger partial charge in [-0.05, 0) is 35.9 Å². The maximum absolute atomic E-state index is 13.2. The third kappa shape index (κ3) is 4.88. The molecular formula is C26H22F3N3O4. The lowest BCUT2D eigenvalue weighted by Gasteiger charge is -2.14. The molecule has 4 aromatic rings. The molecule has 1 N–H and O–H groups in total. The number of carbonyl (C=O) groups excluding carboxylic acids is 1. The van der Waals surface area contributed by atoms with Crippen molar-refractivity contribution in [2.45, 2.75) is 12.6 Å². The molecule has 186 valence electrons. The van der Waals surface area contributed by atoms with E-state index in [1.54, 1.807) is 36.4 Å². The van der Waals surface area contributed by atoms with Crippen molar-refractivity contribution in [1.29, 1.82) is 0 Å². The number of ether oxygens (including phenoxy) is 2. The molecule has 0 unspecified atom stereocenters. The number of para-hydroxylation sites is 1. The predicted molar refractivity (Wildman–Crippen MR) is 129 cm³/mol. The van der Waals surface area contributed by atoms with Crippen molar-refractivity contribution in [3.63, 3.8) is 0 Å². The Bertz CT molecular complexity index is 1510. The lowest BCUT2D eigenvalue weighted by atomic mass is 10.1. The summed E-state index contributed by atoms with van der Waals surface area (Å²) in [5, 5.41) is 3.02. The molecule has 0 atom stereocenters. The maximum Gasteiger partial charge on any atom is 0.416 e. The van der Waals surface area contributed by atoms with Crippen LogP contribution in [-0.2, 0) is 24.4 Å². The second kappa shape index (κ2) is 9.73. The number of hydrogen-bond acceptors (Lipinski definition) is 5. The number of carbonyl (C=O) groups is 1. The number of amides is 1. The zero-order valence-electron chi connectivity index (χ0n) is 19.6. The zero-order chi connectivity index (χ0) is 26.0.